The van der Waals surface area contributed by atoms with Crippen molar-refractivity contribution in [1.29, 1.82) is 0 Å². The fourth-order valence-corrected chi connectivity index (χ4v) is 2.02. The van der Waals surface area contributed by atoms with Gasteiger partial charge in [-0.05, 0) is 72.6 Å². The van der Waals surface area contributed by atoms with Crippen molar-refractivity contribution in [3.8, 4) is 0 Å². The van der Waals surface area contributed by atoms with E-state index in [1.807, 2.05) is 14.1 Å². The molecule has 0 saturated heterocycles. The molecule has 9 heteroatoms. The standard InChI is InChI=1S/C16H32N6O3/c1-16(2,3)25-15(24)20-13(9-6-7-12-22(4)5)14(23)18-10-8-11-19-21-17/h13H,6-12H2,1-5H3,(H,18,23)(H,20,24)/t13-/m0/s1. The molecule has 0 heterocycles. The minimum Gasteiger partial charge on any atom is -0.444 e. The summed E-state index contributed by atoms with van der Waals surface area (Å²) in [6.45, 7) is 6.95. The molecule has 0 bridgehead atoms. The highest BCUT2D eigenvalue weighted by Crippen LogP contribution is 2.08. The lowest BCUT2D eigenvalue weighted by Gasteiger charge is -2.23. The van der Waals surface area contributed by atoms with Crippen LogP contribution in [0.1, 0.15) is 46.5 Å². The van der Waals surface area contributed by atoms with Crippen LogP contribution in [0.3, 0.4) is 0 Å². The Morgan fingerprint density at radius 2 is 1.92 bits per heavy atom. The van der Waals surface area contributed by atoms with E-state index in [1.165, 1.54) is 0 Å². The molecule has 0 aliphatic heterocycles. The van der Waals surface area contributed by atoms with Gasteiger partial charge in [-0.3, -0.25) is 4.79 Å². The molecule has 0 aliphatic rings. The third kappa shape index (κ3) is 14.1. The van der Waals surface area contributed by atoms with Gasteiger partial charge in [0, 0.05) is 18.0 Å². The maximum absolute atomic E-state index is 12.3. The van der Waals surface area contributed by atoms with E-state index in [-0.39, 0.29) is 5.91 Å². The number of hydrogen-bond acceptors (Lipinski definition) is 5. The van der Waals surface area contributed by atoms with E-state index in [0.29, 0.717) is 25.9 Å². The largest absolute Gasteiger partial charge is 0.444 e. The van der Waals surface area contributed by atoms with Crippen LogP contribution in [0.4, 0.5) is 4.79 Å². The van der Waals surface area contributed by atoms with E-state index in [2.05, 4.69) is 25.6 Å². The van der Waals surface area contributed by atoms with Crippen LogP contribution in [0.5, 0.6) is 0 Å². The van der Waals surface area contributed by atoms with E-state index in [4.69, 9.17) is 10.3 Å². The van der Waals surface area contributed by atoms with Gasteiger partial charge in [-0.25, -0.2) is 4.79 Å². The summed E-state index contributed by atoms with van der Waals surface area (Å²) < 4.78 is 5.23. The Labute approximate surface area is 150 Å². The molecule has 0 saturated carbocycles. The maximum Gasteiger partial charge on any atom is 0.408 e. The fraction of sp³-hybridized carbons (Fsp3) is 0.875. The lowest BCUT2D eigenvalue weighted by atomic mass is 10.1. The molecule has 0 aliphatic carbocycles. The fourth-order valence-electron chi connectivity index (χ4n) is 2.02. The van der Waals surface area contributed by atoms with Crippen molar-refractivity contribution in [3.05, 3.63) is 10.4 Å². The zero-order chi connectivity index (χ0) is 19.3. The number of ether oxygens (including phenoxy) is 1. The molecule has 0 aromatic heterocycles. The molecule has 0 unspecified atom stereocenters. The number of alkyl carbamates (subject to hydrolysis) is 1. The number of carbonyl (C=O) groups is 2. The molecule has 0 aromatic rings. The monoisotopic (exact) mass is 356 g/mol. The van der Waals surface area contributed by atoms with Crippen molar-refractivity contribution < 1.29 is 14.3 Å². The van der Waals surface area contributed by atoms with Gasteiger partial charge in [0.2, 0.25) is 5.91 Å². The predicted molar refractivity (Wildman–Crippen MR) is 97.2 cm³/mol. The molecule has 0 spiro atoms. The van der Waals surface area contributed by atoms with Crippen LogP contribution in [-0.4, -0.2) is 62.3 Å². The average molecular weight is 356 g/mol. The van der Waals surface area contributed by atoms with Gasteiger partial charge < -0.3 is 20.3 Å². The number of azide groups is 1. The highest BCUT2D eigenvalue weighted by atomic mass is 16.6. The van der Waals surface area contributed by atoms with E-state index >= 15 is 0 Å². The number of hydrogen-bond donors (Lipinski definition) is 2. The molecule has 9 nitrogen and oxygen atoms in total. The summed E-state index contributed by atoms with van der Waals surface area (Å²) in [5.41, 5.74) is 7.60. The molecule has 144 valence electrons. The maximum atomic E-state index is 12.3. The summed E-state index contributed by atoms with van der Waals surface area (Å²) >= 11 is 0. The van der Waals surface area contributed by atoms with E-state index in [9.17, 15) is 9.59 Å². The number of unbranched alkanes of at least 4 members (excludes halogenated alkanes) is 1. The Bertz CT molecular complexity index is 455. The molecule has 1 atom stereocenters. The highest BCUT2D eigenvalue weighted by Gasteiger charge is 2.23. The van der Waals surface area contributed by atoms with E-state index < -0.39 is 17.7 Å². The summed E-state index contributed by atoms with van der Waals surface area (Å²) in [6, 6.07) is -0.642. The van der Waals surface area contributed by atoms with Crippen molar-refractivity contribution >= 4 is 12.0 Å². The lowest BCUT2D eigenvalue weighted by Crippen LogP contribution is -2.48. The Morgan fingerprint density at radius 3 is 2.48 bits per heavy atom. The summed E-state index contributed by atoms with van der Waals surface area (Å²) in [7, 11) is 3.99. The molecule has 2 amide bonds. The average Bonchev–Trinajstić information content (AvgIpc) is 2.47. The summed E-state index contributed by atoms with van der Waals surface area (Å²) in [5, 5.41) is 8.82. The molecule has 0 aromatic carbocycles. The first-order valence-electron chi connectivity index (χ1n) is 8.58. The summed E-state index contributed by atoms with van der Waals surface area (Å²) in [4.78, 5) is 29.0. The number of carbonyl (C=O) groups excluding carboxylic acids is 2. The molecule has 0 radical (unpaired) electrons. The van der Waals surface area contributed by atoms with Gasteiger partial charge in [0.25, 0.3) is 0 Å². The van der Waals surface area contributed by atoms with Crippen LogP contribution in [0, 0.1) is 0 Å². The third-order valence-corrected chi connectivity index (χ3v) is 3.15. The number of rotatable bonds is 11. The van der Waals surface area contributed by atoms with Gasteiger partial charge in [0.05, 0.1) is 0 Å². The first-order chi connectivity index (χ1) is 11.7. The van der Waals surface area contributed by atoms with Crippen LogP contribution >= 0.6 is 0 Å². The minimum absolute atomic E-state index is 0.253. The molecule has 0 fully saturated rings. The Morgan fingerprint density at radius 1 is 1.24 bits per heavy atom. The topological polar surface area (TPSA) is 119 Å². The Hall–Kier alpha value is -1.99. The van der Waals surface area contributed by atoms with Gasteiger partial charge in [-0.1, -0.05) is 5.11 Å². The van der Waals surface area contributed by atoms with Crippen LogP contribution < -0.4 is 10.6 Å². The van der Waals surface area contributed by atoms with Gasteiger partial charge in [0.15, 0.2) is 0 Å². The van der Waals surface area contributed by atoms with Crippen molar-refractivity contribution in [2.75, 3.05) is 33.7 Å². The minimum atomic E-state index is -0.642. The SMILES string of the molecule is CN(C)CCCC[C@H](NC(=O)OC(C)(C)C)C(=O)NCCCN=[N+]=[N-]. The third-order valence-electron chi connectivity index (χ3n) is 3.15. The zero-order valence-electron chi connectivity index (χ0n) is 16.0. The second kappa shape index (κ2) is 12.4. The second-order valence-electron chi connectivity index (χ2n) is 7.10. The number of amides is 2. The van der Waals surface area contributed by atoms with Gasteiger partial charge in [-0.15, -0.1) is 0 Å². The molecular formula is C16H32N6O3. The molecular weight excluding hydrogens is 324 g/mol. The Balaban J connectivity index is 4.50. The normalized spacial score (nSPS) is 12.2. The number of nitrogens with one attached hydrogen (secondary N) is 2. The Kier molecular flexibility index (Phi) is 11.4. The molecule has 2 N–H and O–H groups in total. The zero-order valence-corrected chi connectivity index (χ0v) is 16.0. The van der Waals surface area contributed by atoms with Crippen LogP contribution in [0.15, 0.2) is 5.11 Å². The van der Waals surface area contributed by atoms with Crippen molar-refractivity contribution in [2.24, 2.45) is 5.11 Å². The lowest BCUT2D eigenvalue weighted by molar-refractivity contribution is -0.123. The van der Waals surface area contributed by atoms with Crippen molar-refractivity contribution in [1.82, 2.24) is 15.5 Å². The van der Waals surface area contributed by atoms with Crippen LogP contribution in [0.2, 0.25) is 0 Å². The predicted octanol–water partition coefficient (Wildman–Crippen LogP) is 2.43. The van der Waals surface area contributed by atoms with Gasteiger partial charge in [-0.2, -0.15) is 0 Å². The smallest absolute Gasteiger partial charge is 0.408 e. The molecule has 25 heavy (non-hydrogen) atoms. The molecule has 0 rings (SSSR count). The van der Waals surface area contributed by atoms with E-state index in [0.717, 1.165) is 19.4 Å². The van der Waals surface area contributed by atoms with Crippen molar-refractivity contribution in [2.45, 2.75) is 58.1 Å². The van der Waals surface area contributed by atoms with Crippen molar-refractivity contribution in [3.63, 3.8) is 0 Å². The quantitative estimate of drug-likeness (QED) is 0.256. The van der Waals surface area contributed by atoms with Crippen LogP contribution in [0.25, 0.3) is 10.4 Å². The first-order valence-corrected chi connectivity index (χ1v) is 8.58. The van der Waals surface area contributed by atoms with E-state index in [1.54, 1.807) is 20.8 Å². The second-order valence-corrected chi connectivity index (χ2v) is 7.10. The number of nitrogens with zero attached hydrogens (tertiary/aromatic N) is 4. The first kappa shape index (κ1) is 23.0. The van der Waals surface area contributed by atoms with Gasteiger partial charge >= 0.3 is 6.09 Å². The van der Waals surface area contributed by atoms with Crippen LogP contribution in [-0.2, 0) is 9.53 Å². The summed E-state index contributed by atoms with van der Waals surface area (Å²) in [5.74, 6) is -0.253. The summed E-state index contributed by atoms with van der Waals surface area (Å²) in [6.07, 6.45) is 2.23. The highest BCUT2D eigenvalue weighted by molar-refractivity contribution is 5.85. The van der Waals surface area contributed by atoms with Gasteiger partial charge in [0.1, 0.15) is 11.6 Å².